The summed E-state index contributed by atoms with van der Waals surface area (Å²) in [4.78, 5) is 0. The Balaban J connectivity index is 2.97. The highest BCUT2D eigenvalue weighted by molar-refractivity contribution is 9.08. The third kappa shape index (κ3) is 3.62. The zero-order chi connectivity index (χ0) is 11.5. The van der Waals surface area contributed by atoms with E-state index in [1.807, 2.05) is 0 Å². The molecule has 0 aliphatic heterocycles. The molecule has 0 aliphatic rings. The van der Waals surface area contributed by atoms with Crippen LogP contribution in [0.15, 0.2) is 18.2 Å². The number of hydrogen-bond acceptors (Lipinski definition) is 2. The third-order valence-electron chi connectivity index (χ3n) is 1.64. The Bertz CT molecular complexity index is 339. The minimum absolute atomic E-state index is 0.222. The predicted molar refractivity (Wildman–Crippen MR) is 52.3 cm³/mol. The second-order valence-corrected chi connectivity index (χ2v) is 3.22. The Morgan fingerprint density at radius 3 is 2.47 bits per heavy atom. The van der Waals surface area contributed by atoms with Gasteiger partial charge in [-0.15, -0.1) is 13.2 Å². The van der Waals surface area contributed by atoms with Gasteiger partial charge < -0.3 is 9.47 Å². The Labute approximate surface area is 93.1 Å². The summed E-state index contributed by atoms with van der Waals surface area (Å²) in [5, 5.41) is 0.260. The standard InChI is InChI=1S/C9H8BrF3O2/c1-14-7-2-3-8(6(4-7)5-10)15-9(11,12)13/h2-4H,5H2,1H3. The van der Waals surface area contributed by atoms with Crippen molar-refractivity contribution < 1.29 is 22.6 Å². The van der Waals surface area contributed by atoms with E-state index >= 15 is 0 Å². The molecule has 6 heteroatoms. The lowest BCUT2D eigenvalue weighted by atomic mass is 10.2. The molecule has 1 aromatic rings. The van der Waals surface area contributed by atoms with Crippen LogP contribution in [-0.2, 0) is 5.33 Å². The molecule has 15 heavy (non-hydrogen) atoms. The fourth-order valence-electron chi connectivity index (χ4n) is 1.01. The van der Waals surface area contributed by atoms with Crippen LogP contribution in [-0.4, -0.2) is 13.5 Å². The minimum Gasteiger partial charge on any atom is -0.497 e. The van der Waals surface area contributed by atoms with Gasteiger partial charge in [0.2, 0.25) is 0 Å². The fraction of sp³-hybridized carbons (Fsp3) is 0.333. The summed E-state index contributed by atoms with van der Waals surface area (Å²) in [6, 6.07) is 4.12. The second kappa shape index (κ2) is 4.74. The summed E-state index contributed by atoms with van der Waals surface area (Å²) >= 11 is 3.08. The van der Waals surface area contributed by atoms with Crippen molar-refractivity contribution in [2.24, 2.45) is 0 Å². The zero-order valence-corrected chi connectivity index (χ0v) is 9.35. The van der Waals surface area contributed by atoms with Gasteiger partial charge in [0.05, 0.1) is 7.11 Å². The van der Waals surface area contributed by atoms with Gasteiger partial charge in [-0.05, 0) is 18.2 Å². The maximum Gasteiger partial charge on any atom is 0.573 e. The van der Waals surface area contributed by atoms with E-state index in [4.69, 9.17) is 4.74 Å². The molecule has 0 atom stereocenters. The highest BCUT2D eigenvalue weighted by Crippen LogP contribution is 2.30. The van der Waals surface area contributed by atoms with Gasteiger partial charge in [-0.25, -0.2) is 0 Å². The normalized spacial score (nSPS) is 11.3. The molecule has 2 nitrogen and oxygen atoms in total. The van der Waals surface area contributed by atoms with E-state index in [1.165, 1.54) is 25.3 Å². The topological polar surface area (TPSA) is 18.5 Å². The first-order valence-corrected chi connectivity index (χ1v) is 5.07. The number of halogens is 4. The molecule has 0 heterocycles. The fourth-order valence-corrected chi connectivity index (χ4v) is 1.45. The molecule has 0 saturated carbocycles. The van der Waals surface area contributed by atoms with Gasteiger partial charge >= 0.3 is 6.36 Å². The number of ether oxygens (including phenoxy) is 2. The monoisotopic (exact) mass is 284 g/mol. The van der Waals surface area contributed by atoms with E-state index < -0.39 is 6.36 Å². The summed E-state index contributed by atoms with van der Waals surface area (Å²) < 4.78 is 44.6. The van der Waals surface area contributed by atoms with Crippen LogP contribution in [0.5, 0.6) is 11.5 Å². The van der Waals surface area contributed by atoms with Crippen molar-refractivity contribution in [3.05, 3.63) is 23.8 Å². The Hall–Kier alpha value is -0.910. The zero-order valence-electron chi connectivity index (χ0n) is 7.77. The minimum atomic E-state index is -4.68. The van der Waals surface area contributed by atoms with E-state index in [9.17, 15) is 13.2 Å². The average Bonchev–Trinajstić information content (AvgIpc) is 2.16. The molecule has 0 unspecified atom stereocenters. The van der Waals surface area contributed by atoms with E-state index in [0.717, 1.165) is 0 Å². The first-order chi connectivity index (χ1) is 6.96. The molecule has 0 spiro atoms. The lowest BCUT2D eigenvalue weighted by molar-refractivity contribution is -0.274. The molecule has 0 aromatic heterocycles. The number of hydrogen-bond donors (Lipinski definition) is 0. The molecule has 0 aliphatic carbocycles. The lowest BCUT2D eigenvalue weighted by Gasteiger charge is -2.12. The Morgan fingerprint density at radius 1 is 1.33 bits per heavy atom. The van der Waals surface area contributed by atoms with Crippen LogP contribution in [0, 0.1) is 0 Å². The molecule has 0 bridgehead atoms. The smallest absolute Gasteiger partial charge is 0.497 e. The van der Waals surface area contributed by atoms with E-state index in [1.54, 1.807) is 0 Å². The average molecular weight is 285 g/mol. The third-order valence-corrected chi connectivity index (χ3v) is 2.24. The highest BCUT2D eigenvalue weighted by Gasteiger charge is 2.32. The molecular formula is C9H8BrF3O2. The number of benzene rings is 1. The predicted octanol–water partition coefficient (Wildman–Crippen LogP) is 3.49. The lowest BCUT2D eigenvalue weighted by Crippen LogP contribution is -2.18. The van der Waals surface area contributed by atoms with Crippen molar-refractivity contribution in [2.75, 3.05) is 7.11 Å². The van der Waals surface area contributed by atoms with Crippen molar-refractivity contribution in [1.82, 2.24) is 0 Å². The van der Waals surface area contributed by atoms with Crippen molar-refractivity contribution in [1.29, 1.82) is 0 Å². The Morgan fingerprint density at radius 2 is 2.00 bits per heavy atom. The molecule has 0 radical (unpaired) electrons. The van der Waals surface area contributed by atoms with Crippen LogP contribution in [0.2, 0.25) is 0 Å². The summed E-state index contributed by atoms with van der Waals surface area (Å²) in [6.45, 7) is 0. The highest BCUT2D eigenvalue weighted by atomic mass is 79.9. The van der Waals surface area contributed by atoms with Crippen LogP contribution in [0.4, 0.5) is 13.2 Å². The molecule has 0 fully saturated rings. The molecule has 0 saturated heterocycles. The van der Waals surface area contributed by atoms with Crippen LogP contribution in [0.3, 0.4) is 0 Å². The van der Waals surface area contributed by atoms with Crippen molar-refractivity contribution in [3.8, 4) is 11.5 Å². The SMILES string of the molecule is COc1ccc(OC(F)(F)F)c(CBr)c1. The maximum atomic E-state index is 12.0. The molecule has 0 amide bonds. The van der Waals surface area contributed by atoms with Gasteiger partial charge in [-0.3, -0.25) is 0 Å². The van der Waals surface area contributed by atoms with E-state index in [0.29, 0.717) is 11.3 Å². The van der Waals surface area contributed by atoms with Gasteiger partial charge in [0, 0.05) is 10.9 Å². The van der Waals surface area contributed by atoms with Crippen molar-refractivity contribution in [2.45, 2.75) is 11.7 Å². The quantitative estimate of drug-likeness (QED) is 0.791. The van der Waals surface area contributed by atoms with Crippen molar-refractivity contribution in [3.63, 3.8) is 0 Å². The molecule has 1 rings (SSSR count). The van der Waals surface area contributed by atoms with Gasteiger partial charge in [-0.1, -0.05) is 15.9 Å². The van der Waals surface area contributed by atoms with Gasteiger partial charge in [0.1, 0.15) is 11.5 Å². The molecule has 1 aromatic carbocycles. The first kappa shape index (κ1) is 12.2. The maximum absolute atomic E-state index is 12.0. The van der Waals surface area contributed by atoms with Gasteiger partial charge in [-0.2, -0.15) is 0 Å². The number of methoxy groups -OCH3 is 1. The van der Waals surface area contributed by atoms with Crippen LogP contribution in [0.1, 0.15) is 5.56 Å². The summed E-state index contributed by atoms with van der Waals surface area (Å²) in [6.07, 6.45) is -4.68. The molecular weight excluding hydrogens is 277 g/mol. The van der Waals surface area contributed by atoms with Gasteiger partial charge in [0.25, 0.3) is 0 Å². The number of alkyl halides is 4. The van der Waals surface area contributed by atoms with Crippen molar-refractivity contribution >= 4 is 15.9 Å². The Kier molecular flexibility index (Phi) is 3.84. The molecule has 0 N–H and O–H groups in total. The van der Waals surface area contributed by atoms with E-state index in [2.05, 4.69) is 20.7 Å². The number of rotatable bonds is 3. The van der Waals surface area contributed by atoms with Crippen LogP contribution >= 0.6 is 15.9 Å². The summed E-state index contributed by atoms with van der Waals surface area (Å²) in [5.74, 6) is 0.263. The van der Waals surface area contributed by atoms with Crippen LogP contribution < -0.4 is 9.47 Å². The van der Waals surface area contributed by atoms with Gasteiger partial charge in [0.15, 0.2) is 0 Å². The largest absolute Gasteiger partial charge is 0.573 e. The second-order valence-electron chi connectivity index (χ2n) is 2.66. The summed E-state index contributed by atoms with van der Waals surface area (Å²) in [7, 11) is 1.44. The summed E-state index contributed by atoms with van der Waals surface area (Å²) in [5.41, 5.74) is 0.381. The molecule has 84 valence electrons. The van der Waals surface area contributed by atoms with E-state index in [-0.39, 0.29) is 11.1 Å². The van der Waals surface area contributed by atoms with Crippen LogP contribution in [0.25, 0.3) is 0 Å². The first-order valence-electron chi connectivity index (χ1n) is 3.95.